The normalized spacial score (nSPS) is 10.3. The largest absolute Gasteiger partial charge is 0.269 e. The van der Waals surface area contributed by atoms with Gasteiger partial charge in [-0.1, -0.05) is 22.0 Å². The van der Waals surface area contributed by atoms with Crippen molar-refractivity contribution >= 4 is 21.6 Å². The lowest BCUT2D eigenvalue weighted by molar-refractivity contribution is -0.384. The van der Waals surface area contributed by atoms with Crippen molar-refractivity contribution in [2.75, 3.05) is 5.33 Å². The molecular formula is C13H11BrN2O2. The van der Waals surface area contributed by atoms with E-state index >= 15 is 0 Å². The third-order valence-corrected chi connectivity index (χ3v) is 2.98. The molecule has 0 aliphatic rings. The molecule has 0 spiro atoms. The average Bonchev–Trinajstić information content (AvgIpc) is 2.40. The highest BCUT2D eigenvalue weighted by atomic mass is 79.9. The number of aromatic nitrogens is 1. The number of nitro groups is 1. The van der Waals surface area contributed by atoms with Crippen molar-refractivity contribution in [1.82, 2.24) is 4.98 Å². The lowest BCUT2D eigenvalue weighted by Gasteiger charge is -2.02. The number of benzene rings is 1. The summed E-state index contributed by atoms with van der Waals surface area (Å²) in [4.78, 5) is 14.5. The molecule has 1 heterocycles. The fourth-order valence-electron chi connectivity index (χ4n) is 1.62. The molecule has 0 fully saturated rings. The third-order valence-electron chi connectivity index (χ3n) is 2.59. The fraction of sp³-hybridized carbons (Fsp3) is 0.154. The number of alkyl halides is 1. The zero-order chi connectivity index (χ0) is 13.0. The van der Waals surface area contributed by atoms with Crippen LogP contribution in [0.3, 0.4) is 0 Å². The first-order valence-corrected chi connectivity index (χ1v) is 6.58. The number of aryl methyl sites for hydroxylation is 1. The highest BCUT2D eigenvalue weighted by Gasteiger charge is 2.05. The molecule has 0 bridgehead atoms. The second-order valence-corrected chi connectivity index (χ2v) is 4.57. The maximum absolute atomic E-state index is 10.6. The molecule has 1 aromatic carbocycles. The highest BCUT2D eigenvalue weighted by molar-refractivity contribution is 9.09. The number of nitro benzene ring substituents is 1. The van der Waals surface area contributed by atoms with Gasteiger partial charge in [-0.15, -0.1) is 0 Å². The Morgan fingerprint density at radius 1 is 1.11 bits per heavy atom. The molecule has 0 saturated carbocycles. The van der Waals surface area contributed by atoms with Crippen LogP contribution in [0.5, 0.6) is 0 Å². The number of hydrogen-bond donors (Lipinski definition) is 0. The molecule has 0 unspecified atom stereocenters. The van der Waals surface area contributed by atoms with Crippen molar-refractivity contribution in [1.29, 1.82) is 0 Å². The maximum atomic E-state index is 10.6. The van der Waals surface area contributed by atoms with Gasteiger partial charge in [0.05, 0.1) is 4.92 Å². The first kappa shape index (κ1) is 12.7. The number of non-ortho nitro benzene ring substituents is 1. The van der Waals surface area contributed by atoms with Crippen LogP contribution < -0.4 is 0 Å². The molecule has 0 radical (unpaired) electrons. The molecule has 0 saturated heterocycles. The van der Waals surface area contributed by atoms with Gasteiger partial charge in [-0.3, -0.25) is 15.1 Å². The second kappa shape index (κ2) is 5.73. The maximum Gasteiger partial charge on any atom is 0.269 e. The van der Waals surface area contributed by atoms with Gasteiger partial charge in [-0.2, -0.15) is 0 Å². The molecule has 4 nitrogen and oxygen atoms in total. The minimum absolute atomic E-state index is 0.0996. The summed E-state index contributed by atoms with van der Waals surface area (Å²) in [6.07, 6.45) is 2.68. The summed E-state index contributed by atoms with van der Waals surface area (Å²) in [5.74, 6) is 0. The van der Waals surface area contributed by atoms with Crippen LogP contribution in [-0.4, -0.2) is 15.2 Å². The summed E-state index contributed by atoms with van der Waals surface area (Å²) < 4.78 is 0. The predicted molar refractivity (Wildman–Crippen MR) is 73.8 cm³/mol. The molecular weight excluding hydrogens is 296 g/mol. The topological polar surface area (TPSA) is 56.0 Å². The van der Waals surface area contributed by atoms with Crippen LogP contribution in [0.15, 0.2) is 42.6 Å². The number of nitrogens with zero attached hydrogens (tertiary/aromatic N) is 2. The van der Waals surface area contributed by atoms with E-state index in [1.165, 1.54) is 12.1 Å². The van der Waals surface area contributed by atoms with Gasteiger partial charge in [-0.25, -0.2) is 0 Å². The number of pyridine rings is 1. The fourth-order valence-corrected chi connectivity index (χ4v) is 2.02. The van der Waals surface area contributed by atoms with Crippen LogP contribution in [0.2, 0.25) is 0 Å². The van der Waals surface area contributed by atoms with Gasteiger partial charge in [0.2, 0.25) is 0 Å². The predicted octanol–water partition coefficient (Wildman–Crippen LogP) is 3.59. The van der Waals surface area contributed by atoms with Crippen LogP contribution >= 0.6 is 15.9 Å². The standard InChI is InChI=1S/C13H11BrN2O2/c14-8-7-12-4-1-11(9-15-12)10-2-5-13(6-3-10)16(17)18/h1-6,9H,7-8H2. The molecule has 5 heteroatoms. The second-order valence-electron chi connectivity index (χ2n) is 3.78. The van der Waals surface area contributed by atoms with Crippen molar-refractivity contribution in [3.63, 3.8) is 0 Å². The zero-order valence-corrected chi connectivity index (χ0v) is 11.1. The monoisotopic (exact) mass is 306 g/mol. The van der Waals surface area contributed by atoms with E-state index in [-0.39, 0.29) is 5.69 Å². The van der Waals surface area contributed by atoms with Gasteiger partial charge < -0.3 is 0 Å². The first-order valence-electron chi connectivity index (χ1n) is 5.46. The number of rotatable bonds is 4. The van der Waals surface area contributed by atoms with Crippen LogP contribution in [-0.2, 0) is 6.42 Å². The van der Waals surface area contributed by atoms with Crippen molar-refractivity contribution in [3.05, 3.63) is 58.4 Å². The van der Waals surface area contributed by atoms with E-state index in [1.807, 2.05) is 12.1 Å². The number of hydrogen-bond acceptors (Lipinski definition) is 3. The average molecular weight is 307 g/mol. The van der Waals surface area contributed by atoms with Gasteiger partial charge in [-0.05, 0) is 30.2 Å². The Kier molecular flexibility index (Phi) is 4.04. The summed E-state index contributed by atoms with van der Waals surface area (Å²) in [5.41, 5.74) is 3.02. The summed E-state index contributed by atoms with van der Waals surface area (Å²) >= 11 is 3.37. The van der Waals surface area contributed by atoms with E-state index in [4.69, 9.17) is 0 Å². The smallest absolute Gasteiger partial charge is 0.261 e. The minimum atomic E-state index is -0.402. The molecule has 0 aliphatic carbocycles. The van der Waals surface area contributed by atoms with E-state index in [2.05, 4.69) is 20.9 Å². The van der Waals surface area contributed by atoms with Crippen molar-refractivity contribution < 1.29 is 4.92 Å². The Labute approximate surface area is 113 Å². The SMILES string of the molecule is O=[N+]([O-])c1ccc(-c2ccc(CCBr)nc2)cc1. The van der Waals surface area contributed by atoms with E-state index in [0.717, 1.165) is 28.6 Å². The lowest BCUT2D eigenvalue weighted by atomic mass is 10.1. The van der Waals surface area contributed by atoms with Gasteiger partial charge in [0.1, 0.15) is 0 Å². The van der Waals surface area contributed by atoms with E-state index in [1.54, 1.807) is 18.3 Å². The van der Waals surface area contributed by atoms with Gasteiger partial charge in [0.15, 0.2) is 0 Å². The van der Waals surface area contributed by atoms with Gasteiger partial charge in [0, 0.05) is 34.9 Å². The lowest BCUT2D eigenvalue weighted by Crippen LogP contribution is -1.91. The van der Waals surface area contributed by atoms with Crippen molar-refractivity contribution in [2.24, 2.45) is 0 Å². The van der Waals surface area contributed by atoms with Crippen molar-refractivity contribution in [2.45, 2.75) is 6.42 Å². The number of halogens is 1. The summed E-state index contributed by atoms with van der Waals surface area (Å²) in [5, 5.41) is 11.4. The van der Waals surface area contributed by atoms with E-state index in [9.17, 15) is 10.1 Å². The van der Waals surface area contributed by atoms with Crippen molar-refractivity contribution in [3.8, 4) is 11.1 Å². The quantitative estimate of drug-likeness (QED) is 0.493. The molecule has 2 aromatic rings. The third kappa shape index (κ3) is 2.92. The summed E-state index contributed by atoms with van der Waals surface area (Å²) in [7, 11) is 0. The molecule has 0 aliphatic heterocycles. The van der Waals surface area contributed by atoms with Crippen LogP contribution in [0.1, 0.15) is 5.69 Å². The Balaban J connectivity index is 2.23. The van der Waals surface area contributed by atoms with Crippen LogP contribution in [0.25, 0.3) is 11.1 Å². The Morgan fingerprint density at radius 3 is 2.28 bits per heavy atom. The molecule has 0 amide bonds. The highest BCUT2D eigenvalue weighted by Crippen LogP contribution is 2.21. The molecule has 92 valence electrons. The molecule has 2 rings (SSSR count). The first-order chi connectivity index (χ1) is 8.70. The van der Waals surface area contributed by atoms with Gasteiger partial charge >= 0.3 is 0 Å². The molecule has 1 aromatic heterocycles. The van der Waals surface area contributed by atoms with Crippen LogP contribution in [0.4, 0.5) is 5.69 Å². The molecule has 0 atom stereocenters. The minimum Gasteiger partial charge on any atom is -0.261 e. The van der Waals surface area contributed by atoms with E-state index < -0.39 is 4.92 Å². The molecule has 18 heavy (non-hydrogen) atoms. The summed E-state index contributed by atoms with van der Waals surface area (Å²) in [6, 6.07) is 10.4. The van der Waals surface area contributed by atoms with E-state index in [0.29, 0.717) is 0 Å². The zero-order valence-electron chi connectivity index (χ0n) is 9.54. The Morgan fingerprint density at radius 2 is 1.78 bits per heavy atom. The van der Waals surface area contributed by atoms with Gasteiger partial charge in [0.25, 0.3) is 5.69 Å². The van der Waals surface area contributed by atoms with Crippen LogP contribution in [0, 0.1) is 10.1 Å². The summed E-state index contributed by atoms with van der Waals surface area (Å²) in [6.45, 7) is 0. The Bertz CT molecular complexity index is 538. The Hall–Kier alpha value is -1.75. The molecule has 0 N–H and O–H groups in total.